The van der Waals surface area contributed by atoms with Crippen LogP contribution in [0.2, 0.25) is 0 Å². The Morgan fingerprint density at radius 3 is 2.84 bits per heavy atom. The highest BCUT2D eigenvalue weighted by Gasteiger charge is 2.25. The van der Waals surface area contributed by atoms with Crippen LogP contribution in [0.4, 0.5) is 0 Å². The summed E-state index contributed by atoms with van der Waals surface area (Å²) in [6, 6.07) is 12.8. The van der Waals surface area contributed by atoms with Gasteiger partial charge in [0.05, 0.1) is 17.7 Å². The van der Waals surface area contributed by atoms with Gasteiger partial charge in [0.1, 0.15) is 11.8 Å². The maximum atomic E-state index is 12.6. The molecule has 2 heterocycles. The predicted octanol–water partition coefficient (Wildman–Crippen LogP) is 1.53. The van der Waals surface area contributed by atoms with Crippen molar-refractivity contribution in [3.63, 3.8) is 0 Å². The van der Waals surface area contributed by atoms with Crippen LogP contribution in [0.25, 0.3) is 0 Å². The first-order chi connectivity index (χ1) is 12.1. The number of nitrogens with zero attached hydrogens (tertiary/aromatic N) is 4. The Labute approximate surface area is 146 Å². The summed E-state index contributed by atoms with van der Waals surface area (Å²) in [6.07, 6.45) is 3.07. The van der Waals surface area contributed by atoms with E-state index < -0.39 is 6.04 Å². The second-order valence-electron chi connectivity index (χ2n) is 6.20. The van der Waals surface area contributed by atoms with Crippen LogP contribution in [-0.2, 0) is 24.3 Å². The molecule has 1 aliphatic rings. The topological polar surface area (TPSA) is 98.8 Å². The standard InChI is InChI=1S/C19H19N5O/c20-11-14-3-4-15-5-8-24(13-16(15)10-14)19(25)18(22)6-9-23-7-1-2-17(23)12-21/h1-4,7,10,18H,5-6,8-9,13,22H2. The van der Waals surface area contributed by atoms with Crippen molar-refractivity contribution in [1.29, 1.82) is 10.5 Å². The highest BCUT2D eigenvalue weighted by atomic mass is 16.2. The number of rotatable bonds is 4. The molecule has 0 radical (unpaired) electrons. The van der Waals surface area contributed by atoms with E-state index in [0.29, 0.717) is 37.3 Å². The number of hydrogen-bond donors (Lipinski definition) is 1. The van der Waals surface area contributed by atoms with Crippen molar-refractivity contribution in [3.8, 4) is 12.1 Å². The molecule has 1 unspecified atom stereocenters. The van der Waals surface area contributed by atoms with Gasteiger partial charge in [-0.15, -0.1) is 0 Å². The third-order valence-corrected chi connectivity index (χ3v) is 4.60. The van der Waals surface area contributed by atoms with Crippen LogP contribution in [0.15, 0.2) is 36.5 Å². The molecule has 0 fully saturated rings. The second-order valence-corrected chi connectivity index (χ2v) is 6.20. The van der Waals surface area contributed by atoms with Gasteiger partial charge in [0.25, 0.3) is 0 Å². The minimum absolute atomic E-state index is 0.0846. The van der Waals surface area contributed by atoms with Crippen LogP contribution >= 0.6 is 0 Å². The van der Waals surface area contributed by atoms with E-state index in [1.807, 2.05) is 24.4 Å². The molecule has 0 aliphatic carbocycles. The molecule has 1 aliphatic heterocycles. The number of nitriles is 2. The van der Waals surface area contributed by atoms with Crippen molar-refractivity contribution >= 4 is 5.91 Å². The number of benzene rings is 1. The first kappa shape index (κ1) is 16.8. The third-order valence-electron chi connectivity index (χ3n) is 4.60. The van der Waals surface area contributed by atoms with E-state index in [2.05, 4.69) is 12.1 Å². The summed E-state index contributed by atoms with van der Waals surface area (Å²) in [7, 11) is 0. The first-order valence-electron chi connectivity index (χ1n) is 8.24. The Bertz CT molecular complexity index is 871. The van der Waals surface area contributed by atoms with Crippen LogP contribution in [0.5, 0.6) is 0 Å². The lowest BCUT2D eigenvalue weighted by molar-refractivity contribution is -0.133. The van der Waals surface area contributed by atoms with Gasteiger partial charge in [-0.2, -0.15) is 10.5 Å². The number of carbonyl (C=O) groups is 1. The van der Waals surface area contributed by atoms with Crippen molar-refractivity contribution in [2.75, 3.05) is 6.54 Å². The van der Waals surface area contributed by atoms with Crippen molar-refractivity contribution < 1.29 is 4.79 Å². The Morgan fingerprint density at radius 2 is 2.08 bits per heavy atom. The van der Waals surface area contributed by atoms with Gasteiger partial charge in [-0.3, -0.25) is 4.79 Å². The minimum atomic E-state index is -0.602. The summed E-state index contributed by atoms with van der Waals surface area (Å²) >= 11 is 0. The number of amides is 1. The second kappa shape index (κ2) is 7.21. The molecule has 0 saturated heterocycles. The van der Waals surface area contributed by atoms with Crippen LogP contribution in [0.1, 0.15) is 28.8 Å². The van der Waals surface area contributed by atoms with Crippen molar-refractivity contribution in [2.45, 2.75) is 32.0 Å². The highest BCUT2D eigenvalue weighted by molar-refractivity contribution is 5.81. The van der Waals surface area contributed by atoms with Gasteiger partial charge in [-0.1, -0.05) is 6.07 Å². The highest BCUT2D eigenvalue weighted by Crippen LogP contribution is 2.21. The molecule has 25 heavy (non-hydrogen) atoms. The molecular formula is C19H19N5O. The van der Waals surface area contributed by atoms with E-state index >= 15 is 0 Å². The van der Waals surface area contributed by atoms with E-state index in [1.54, 1.807) is 21.6 Å². The monoisotopic (exact) mass is 333 g/mol. The Kier molecular flexibility index (Phi) is 4.83. The fourth-order valence-corrected chi connectivity index (χ4v) is 3.16. The number of carbonyl (C=O) groups excluding carboxylic acids is 1. The number of fused-ring (bicyclic) bond motifs is 1. The zero-order valence-corrected chi connectivity index (χ0v) is 13.9. The van der Waals surface area contributed by atoms with Gasteiger partial charge in [0.2, 0.25) is 5.91 Å². The fourth-order valence-electron chi connectivity index (χ4n) is 3.16. The molecule has 1 aromatic heterocycles. The molecule has 1 atom stereocenters. The number of aryl methyl sites for hydroxylation is 1. The summed E-state index contributed by atoms with van der Waals surface area (Å²) in [4.78, 5) is 14.4. The zero-order valence-electron chi connectivity index (χ0n) is 13.9. The minimum Gasteiger partial charge on any atom is -0.339 e. The normalized spacial score (nSPS) is 14.3. The molecule has 6 heteroatoms. The molecule has 0 saturated carbocycles. The number of hydrogen-bond acceptors (Lipinski definition) is 4. The lowest BCUT2D eigenvalue weighted by Gasteiger charge is -2.31. The molecular weight excluding hydrogens is 314 g/mol. The molecule has 3 rings (SSSR count). The van der Waals surface area contributed by atoms with Gasteiger partial charge < -0.3 is 15.2 Å². The lowest BCUT2D eigenvalue weighted by atomic mass is 9.97. The van der Waals surface area contributed by atoms with Gasteiger partial charge in [-0.25, -0.2) is 0 Å². The van der Waals surface area contributed by atoms with Gasteiger partial charge >= 0.3 is 0 Å². The molecule has 126 valence electrons. The number of nitrogens with two attached hydrogens (primary N) is 1. The van der Waals surface area contributed by atoms with Crippen LogP contribution < -0.4 is 5.73 Å². The zero-order chi connectivity index (χ0) is 17.8. The molecule has 1 amide bonds. The molecule has 0 spiro atoms. The van der Waals surface area contributed by atoms with E-state index in [0.717, 1.165) is 12.0 Å². The third kappa shape index (κ3) is 3.55. The maximum absolute atomic E-state index is 12.6. The average Bonchev–Trinajstić information content (AvgIpc) is 3.12. The lowest BCUT2D eigenvalue weighted by Crippen LogP contribution is -2.46. The Balaban J connectivity index is 1.63. The first-order valence-corrected chi connectivity index (χ1v) is 8.24. The van der Waals surface area contributed by atoms with Gasteiger partial charge in [-0.05, 0) is 48.2 Å². The molecule has 1 aromatic carbocycles. The van der Waals surface area contributed by atoms with Gasteiger partial charge in [0.15, 0.2) is 0 Å². The van der Waals surface area contributed by atoms with E-state index in [1.165, 1.54) is 5.56 Å². The van der Waals surface area contributed by atoms with Gasteiger partial charge in [0, 0.05) is 25.8 Å². The Hall–Kier alpha value is -3.09. The number of aromatic nitrogens is 1. The van der Waals surface area contributed by atoms with E-state index in [9.17, 15) is 4.79 Å². The smallest absolute Gasteiger partial charge is 0.239 e. The maximum Gasteiger partial charge on any atom is 0.239 e. The SMILES string of the molecule is N#Cc1ccc2c(c1)CN(C(=O)C(N)CCn1cccc1C#N)CC2. The largest absolute Gasteiger partial charge is 0.339 e. The van der Waals surface area contributed by atoms with Crippen molar-refractivity contribution in [1.82, 2.24) is 9.47 Å². The van der Waals surface area contributed by atoms with Crippen LogP contribution in [0.3, 0.4) is 0 Å². The van der Waals surface area contributed by atoms with E-state index in [4.69, 9.17) is 16.3 Å². The van der Waals surface area contributed by atoms with Crippen molar-refractivity contribution in [2.24, 2.45) is 5.73 Å². The van der Waals surface area contributed by atoms with Crippen LogP contribution in [-0.4, -0.2) is 28.0 Å². The molecule has 2 aromatic rings. The summed E-state index contributed by atoms with van der Waals surface area (Å²) in [5.74, 6) is -0.0846. The fraction of sp³-hybridized carbons (Fsp3) is 0.316. The molecule has 6 nitrogen and oxygen atoms in total. The molecule has 2 N–H and O–H groups in total. The Morgan fingerprint density at radius 1 is 1.24 bits per heavy atom. The quantitative estimate of drug-likeness (QED) is 0.917. The summed E-state index contributed by atoms with van der Waals surface area (Å²) in [5.41, 5.74) is 9.46. The van der Waals surface area contributed by atoms with Crippen LogP contribution in [0, 0.1) is 22.7 Å². The van der Waals surface area contributed by atoms with Crippen molar-refractivity contribution in [3.05, 3.63) is 58.9 Å². The van der Waals surface area contributed by atoms with E-state index in [-0.39, 0.29) is 5.91 Å². The average molecular weight is 333 g/mol. The molecule has 0 bridgehead atoms. The predicted molar refractivity (Wildman–Crippen MR) is 92.0 cm³/mol. The summed E-state index contributed by atoms with van der Waals surface area (Å²) in [6.45, 7) is 1.66. The summed E-state index contributed by atoms with van der Waals surface area (Å²) < 4.78 is 1.80. The summed E-state index contributed by atoms with van der Waals surface area (Å²) in [5, 5.41) is 18.1.